The predicted molar refractivity (Wildman–Crippen MR) is 161 cm³/mol. The first kappa shape index (κ1) is 35.1. The second-order valence-electron chi connectivity index (χ2n) is 13.3. The summed E-state index contributed by atoms with van der Waals surface area (Å²) in [6, 6.07) is 4.67. The first-order valence-electron chi connectivity index (χ1n) is 14.6. The van der Waals surface area contributed by atoms with Crippen molar-refractivity contribution in [3.63, 3.8) is 0 Å². The molecule has 2 aliphatic rings. The van der Waals surface area contributed by atoms with Gasteiger partial charge in [0.1, 0.15) is 0 Å². The van der Waals surface area contributed by atoms with E-state index in [2.05, 4.69) is 10.6 Å². The summed E-state index contributed by atoms with van der Waals surface area (Å²) in [6.07, 6.45) is -2.41. The van der Waals surface area contributed by atoms with Crippen molar-refractivity contribution in [2.45, 2.75) is 81.3 Å². The van der Waals surface area contributed by atoms with Gasteiger partial charge in [0.25, 0.3) is 5.91 Å². The summed E-state index contributed by atoms with van der Waals surface area (Å²) < 4.78 is 68.3. The Hall–Kier alpha value is -2.71. The molecular formula is C31H38ClF3N2O7S. The maximum atomic E-state index is 13.9. The molecular weight excluding hydrogens is 637 g/mol. The highest BCUT2D eigenvalue weighted by molar-refractivity contribution is 7.92. The maximum Gasteiger partial charge on any atom is 0.255 e. The van der Waals surface area contributed by atoms with Gasteiger partial charge in [0, 0.05) is 41.8 Å². The molecule has 2 saturated carbocycles. The van der Waals surface area contributed by atoms with Crippen molar-refractivity contribution in [2.75, 3.05) is 11.9 Å². The fourth-order valence-electron chi connectivity index (χ4n) is 6.56. The van der Waals surface area contributed by atoms with E-state index in [0.717, 1.165) is 6.07 Å². The van der Waals surface area contributed by atoms with Gasteiger partial charge in [-0.05, 0) is 55.2 Å². The third-order valence-electron chi connectivity index (χ3n) is 9.07. The number of anilines is 1. The molecule has 2 fully saturated rings. The number of hydrogen-bond acceptors (Lipinski definition) is 7. The summed E-state index contributed by atoms with van der Waals surface area (Å²) in [5.74, 6) is -7.14. The highest BCUT2D eigenvalue weighted by Gasteiger charge is 2.59. The number of sulfone groups is 1. The van der Waals surface area contributed by atoms with E-state index in [1.54, 1.807) is 20.8 Å². The van der Waals surface area contributed by atoms with Crippen molar-refractivity contribution in [1.29, 1.82) is 0 Å². The molecule has 248 valence electrons. The quantitative estimate of drug-likeness (QED) is 0.250. The first-order valence-corrected chi connectivity index (χ1v) is 16.5. The largest absolute Gasteiger partial charge is 0.390 e. The second-order valence-corrected chi connectivity index (χ2v) is 15.9. The number of aliphatic hydroxyl groups excluding tert-OH is 2. The molecule has 2 aromatic rings. The van der Waals surface area contributed by atoms with Gasteiger partial charge in [-0.2, -0.15) is 0 Å². The highest BCUT2D eigenvalue weighted by Crippen LogP contribution is 2.56. The van der Waals surface area contributed by atoms with Crippen molar-refractivity contribution in [2.24, 2.45) is 23.2 Å². The van der Waals surface area contributed by atoms with Crippen molar-refractivity contribution >= 4 is 38.9 Å². The van der Waals surface area contributed by atoms with Gasteiger partial charge >= 0.3 is 0 Å². The van der Waals surface area contributed by atoms with E-state index >= 15 is 0 Å². The average molecular weight is 675 g/mol. The molecule has 14 heteroatoms. The average Bonchev–Trinajstić information content (AvgIpc) is 3.06. The maximum absolute atomic E-state index is 13.9. The fourth-order valence-corrected chi connectivity index (χ4v) is 8.94. The number of benzene rings is 2. The van der Waals surface area contributed by atoms with Gasteiger partial charge in [-0.1, -0.05) is 39.3 Å². The molecule has 5 unspecified atom stereocenters. The molecule has 0 spiro atoms. The number of carbonyl (C=O) groups excluding carboxylic acids is 2. The minimum Gasteiger partial charge on any atom is -0.390 e. The summed E-state index contributed by atoms with van der Waals surface area (Å²) in [5, 5.41) is 36.7. The Morgan fingerprint density at radius 1 is 1.04 bits per heavy atom. The smallest absolute Gasteiger partial charge is 0.255 e. The van der Waals surface area contributed by atoms with Crippen LogP contribution in [0.5, 0.6) is 0 Å². The minimum absolute atomic E-state index is 0.0287. The van der Waals surface area contributed by atoms with Gasteiger partial charge in [-0.25, -0.2) is 21.6 Å². The normalized spacial score (nSPS) is 26.3. The molecule has 45 heavy (non-hydrogen) atoms. The van der Waals surface area contributed by atoms with E-state index in [0.29, 0.717) is 18.6 Å². The number of nitrogens with one attached hydrogen (secondary N) is 2. The summed E-state index contributed by atoms with van der Waals surface area (Å²) in [6.45, 7) is 6.78. The Balaban J connectivity index is 1.50. The standard InChI is InChI=1S/C31H38ClF3N2O7S/c1-15-7-17-9-19(12-20(15)31(17,42)13-24(38)25(39)14-36-29(41)30(2,3)4)45(43,44)26-8-16(5-6-21(26)32)28(40)37-18-10-22(33)27(35)23(34)11-18/h5-6,8,10-11,15,17,19-20,24-25,38-39,42H,7,9,12-14H2,1-4H3,(H,36,41)(H,37,40)/t15-,17?,19?,20?,24?,25?,31+/m0/s1. The SMILES string of the molecule is C[C@H]1CC2CC(S(=O)(=O)c3cc(C(=O)Nc4cc(F)c(F)c(F)c4)ccc3Cl)CC1[C@@]2(O)CC(O)C(O)CNC(=O)C(C)(C)C. The number of fused-ring (bicyclic) bond motifs is 2. The lowest BCUT2D eigenvalue weighted by atomic mass is 9.70. The van der Waals surface area contributed by atoms with Crippen LogP contribution in [0.25, 0.3) is 0 Å². The van der Waals surface area contributed by atoms with Crippen LogP contribution in [0.2, 0.25) is 5.02 Å². The molecule has 0 heterocycles. The molecule has 2 aliphatic carbocycles. The molecule has 2 amide bonds. The number of hydrogen-bond donors (Lipinski definition) is 5. The van der Waals surface area contributed by atoms with Crippen LogP contribution >= 0.6 is 11.6 Å². The zero-order valence-corrected chi connectivity index (χ0v) is 26.9. The number of halogens is 4. The summed E-state index contributed by atoms with van der Waals surface area (Å²) in [7, 11) is -4.17. The number of carbonyl (C=O) groups is 2. The number of amides is 2. The molecule has 9 nitrogen and oxygen atoms in total. The third kappa shape index (κ3) is 7.17. The van der Waals surface area contributed by atoms with Crippen LogP contribution < -0.4 is 10.6 Å². The van der Waals surface area contributed by atoms with E-state index in [4.69, 9.17) is 11.6 Å². The molecule has 0 radical (unpaired) electrons. The van der Waals surface area contributed by atoms with Gasteiger partial charge in [-0.3, -0.25) is 9.59 Å². The van der Waals surface area contributed by atoms with Crippen molar-refractivity contribution in [3.8, 4) is 0 Å². The van der Waals surface area contributed by atoms with Crippen LogP contribution in [-0.2, 0) is 14.6 Å². The monoisotopic (exact) mass is 674 g/mol. The van der Waals surface area contributed by atoms with E-state index in [1.165, 1.54) is 12.1 Å². The van der Waals surface area contributed by atoms with Gasteiger partial charge in [0.05, 0.1) is 33.0 Å². The van der Waals surface area contributed by atoms with E-state index in [9.17, 15) is 46.5 Å². The summed E-state index contributed by atoms with van der Waals surface area (Å²) in [5.41, 5.74) is -2.72. The zero-order chi connectivity index (χ0) is 33.6. The van der Waals surface area contributed by atoms with Crippen molar-refractivity contribution in [3.05, 3.63) is 58.4 Å². The second kappa shape index (κ2) is 12.8. The number of rotatable bonds is 9. The molecule has 0 saturated heterocycles. The molecule has 0 aliphatic heterocycles. The van der Waals surface area contributed by atoms with E-state index in [1.807, 2.05) is 6.92 Å². The van der Waals surface area contributed by atoms with Gasteiger partial charge in [0.2, 0.25) is 5.91 Å². The molecule has 2 aromatic carbocycles. The minimum atomic E-state index is -4.17. The molecule has 2 bridgehead atoms. The van der Waals surface area contributed by atoms with Gasteiger partial charge in [-0.15, -0.1) is 0 Å². The lowest BCUT2D eigenvalue weighted by Gasteiger charge is -2.44. The molecule has 4 rings (SSSR count). The van der Waals surface area contributed by atoms with Gasteiger partial charge < -0.3 is 26.0 Å². The van der Waals surface area contributed by atoms with Gasteiger partial charge in [0.15, 0.2) is 27.3 Å². The molecule has 0 aromatic heterocycles. The highest BCUT2D eigenvalue weighted by atomic mass is 35.5. The summed E-state index contributed by atoms with van der Waals surface area (Å²) >= 11 is 6.29. The summed E-state index contributed by atoms with van der Waals surface area (Å²) in [4.78, 5) is 24.7. The van der Waals surface area contributed by atoms with Crippen LogP contribution in [0.1, 0.15) is 63.7 Å². The van der Waals surface area contributed by atoms with E-state index < -0.39 is 73.5 Å². The Bertz CT molecular complexity index is 1560. The van der Waals surface area contributed by atoms with Crippen LogP contribution in [0.3, 0.4) is 0 Å². The Labute approximate surface area is 265 Å². The Morgan fingerprint density at radius 3 is 2.24 bits per heavy atom. The fraction of sp³-hybridized carbons (Fsp3) is 0.548. The molecule has 7 atom stereocenters. The van der Waals surface area contributed by atoms with Crippen molar-refractivity contribution < 1.29 is 46.5 Å². The predicted octanol–water partition coefficient (Wildman–Crippen LogP) is 4.22. The van der Waals surface area contributed by atoms with Crippen molar-refractivity contribution in [1.82, 2.24) is 5.32 Å². The molecule has 5 N–H and O–H groups in total. The lowest BCUT2D eigenvalue weighted by molar-refractivity contribution is -0.130. The van der Waals surface area contributed by atoms with Crippen LogP contribution in [-0.4, -0.2) is 65.2 Å². The zero-order valence-electron chi connectivity index (χ0n) is 25.3. The topological polar surface area (TPSA) is 153 Å². The number of aliphatic hydroxyl groups is 3. The van der Waals surface area contributed by atoms with E-state index in [-0.39, 0.29) is 58.8 Å². The Morgan fingerprint density at radius 2 is 1.67 bits per heavy atom. The lowest BCUT2D eigenvalue weighted by Crippen LogP contribution is -2.53. The van der Waals surface area contributed by atoms with Crippen LogP contribution in [0.4, 0.5) is 18.9 Å². The Kier molecular flexibility index (Phi) is 10.0. The first-order chi connectivity index (χ1) is 20.7. The third-order valence-corrected chi connectivity index (χ3v) is 11.7. The van der Waals surface area contributed by atoms with Crippen LogP contribution in [0, 0.1) is 40.6 Å². The van der Waals surface area contributed by atoms with Crippen LogP contribution in [0.15, 0.2) is 35.2 Å².